The van der Waals surface area contributed by atoms with E-state index in [2.05, 4.69) is 28.0 Å². The molecule has 3 unspecified atom stereocenters. The number of likely N-dealkylation sites (tertiary alicyclic amines) is 1. The number of nitrogens with two attached hydrogens (primary N) is 1. The fourth-order valence-electron chi connectivity index (χ4n) is 5.03. The Morgan fingerprint density at radius 2 is 2.00 bits per heavy atom. The first kappa shape index (κ1) is 25.0. The maximum atomic E-state index is 12.7. The molecule has 1 amide bonds. The Hall–Kier alpha value is -3.12. The molecule has 0 aliphatic carbocycles. The van der Waals surface area contributed by atoms with E-state index in [4.69, 9.17) is 15.0 Å². The number of anilines is 1. The number of nitrogens with zero attached hydrogens (tertiary/aromatic N) is 5. The molecule has 0 spiro atoms. The Morgan fingerprint density at radius 3 is 2.66 bits per heavy atom. The average molecular weight is 481 g/mol. The Morgan fingerprint density at radius 1 is 1.26 bits per heavy atom. The van der Waals surface area contributed by atoms with Gasteiger partial charge in [0.05, 0.1) is 12.7 Å². The van der Waals surface area contributed by atoms with Gasteiger partial charge in [0, 0.05) is 26.1 Å². The number of rotatable bonds is 9. The number of hydrogen-bond donors (Lipinski definition) is 1. The van der Waals surface area contributed by atoms with Gasteiger partial charge >= 0.3 is 6.01 Å². The van der Waals surface area contributed by atoms with Crippen LogP contribution in [0, 0.1) is 23.2 Å². The first-order valence-electron chi connectivity index (χ1n) is 12.8. The first-order valence-corrected chi connectivity index (χ1v) is 12.8. The van der Waals surface area contributed by atoms with Crippen LogP contribution < -0.4 is 15.4 Å². The number of piperidine rings is 1. The number of nitriles is 1. The van der Waals surface area contributed by atoms with E-state index in [1.54, 1.807) is 4.90 Å². The zero-order chi connectivity index (χ0) is 24.8. The van der Waals surface area contributed by atoms with Gasteiger partial charge in [-0.15, -0.1) is 0 Å². The van der Waals surface area contributed by atoms with Crippen LogP contribution in [-0.2, 0) is 11.2 Å². The van der Waals surface area contributed by atoms with E-state index >= 15 is 0 Å². The van der Waals surface area contributed by atoms with E-state index in [-0.39, 0.29) is 11.9 Å². The van der Waals surface area contributed by atoms with Crippen LogP contribution >= 0.6 is 0 Å². The molecule has 0 radical (unpaired) electrons. The van der Waals surface area contributed by atoms with Crippen LogP contribution in [0.4, 0.5) is 6.01 Å². The van der Waals surface area contributed by atoms with E-state index in [9.17, 15) is 10.1 Å². The number of aromatic nitrogens is 2. The maximum absolute atomic E-state index is 12.7. The van der Waals surface area contributed by atoms with Crippen molar-refractivity contribution in [3.63, 3.8) is 0 Å². The molecule has 9 heteroatoms. The summed E-state index contributed by atoms with van der Waals surface area (Å²) < 4.78 is 11.4. The summed E-state index contributed by atoms with van der Waals surface area (Å²) in [5.41, 5.74) is 6.94. The molecule has 2 aromatic rings. The molecule has 2 N–H and O–H groups in total. The third-order valence-electron chi connectivity index (χ3n) is 7.42. The van der Waals surface area contributed by atoms with Crippen LogP contribution in [0.5, 0.6) is 5.75 Å². The SMILES string of the molecule is CCc1noc(N2CCC(C(C)CCOc3ccc(C(N)C(=O)N4CCCC4C#N)cc3)CC2)n1. The molecular formula is C26H36N6O3. The number of hydrogen-bond acceptors (Lipinski definition) is 8. The van der Waals surface area contributed by atoms with Crippen molar-refractivity contribution in [3.8, 4) is 11.8 Å². The van der Waals surface area contributed by atoms with Crippen molar-refractivity contribution in [1.29, 1.82) is 5.26 Å². The second kappa shape index (κ2) is 11.5. The van der Waals surface area contributed by atoms with Crippen LogP contribution in [-0.4, -0.2) is 53.2 Å². The molecule has 2 fully saturated rings. The normalized spacial score (nSPS) is 20.5. The molecule has 1 aromatic heterocycles. The van der Waals surface area contributed by atoms with Gasteiger partial charge in [-0.1, -0.05) is 31.1 Å². The van der Waals surface area contributed by atoms with Crippen molar-refractivity contribution < 1.29 is 14.1 Å². The topological polar surface area (TPSA) is 122 Å². The van der Waals surface area contributed by atoms with Crippen molar-refractivity contribution in [2.45, 2.75) is 64.5 Å². The highest BCUT2D eigenvalue weighted by atomic mass is 16.5. The summed E-state index contributed by atoms with van der Waals surface area (Å²) >= 11 is 0. The molecule has 3 atom stereocenters. The highest BCUT2D eigenvalue weighted by molar-refractivity contribution is 5.84. The van der Waals surface area contributed by atoms with Crippen molar-refractivity contribution >= 4 is 11.9 Å². The van der Waals surface area contributed by atoms with E-state index in [0.717, 1.165) is 68.8 Å². The lowest BCUT2D eigenvalue weighted by Gasteiger charge is -2.33. The lowest BCUT2D eigenvalue weighted by Crippen LogP contribution is -2.40. The molecule has 2 saturated heterocycles. The van der Waals surface area contributed by atoms with Crippen molar-refractivity contribution in [2.24, 2.45) is 17.6 Å². The Balaban J connectivity index is 1.19. The van der Waals surface area contributed by atoms with Gasteiger partial charge in [0.15, 0.2) is 5.82 Å². The quantitative estimate of drug-likeness (QED) is 0.579. The summed E-state index contributed by atoms with van der Waals surface area (Å²) in [7, 11) is 0. The molecule has 4 rings (SSSR count). The van der Waals surface area contributed by atoms with Gasteiger partial charge < -0.3 is 24.8 Å². The smallest absolute Gasteiger partial charge is 0.324 e. The Bertz CT molecular complexity index is 1010. The number of amides is 1. The van der Waals surface area contributed by atoms with E-state index in [1.165, 1.54) is 0 Å². The maximum Gasteiger partial charge on any atom is 0.324 e. The Kier molecular flexibility index (Phi) is 8.24. The number of benzene rings is 1. The molecule has 2 aliphatic rings. The average Bonchev–Trinajstić information content (AvgIpc) is 3.58. The van der Waals surface area contributed by atoms with Crippen LogP contribution in [0.15, 0.2) is 28.8 Å². The summed E-state index contributed by atoms with van der Waals surface area (Å²) in [6, 6.07) is 9.14. The predicted octanol–water partition coefficient (Wildman–Crippen LogP) is 3.47. The molecule has 188 valence electrons. The third-order valence-corrected chi connectivity index (χ3v) is 7.42. The molecule has 35 heavy (non-hydrogen) atoms. The van der Waals surface area contributed by atoms with Gasteiger partial charge in [-0.05, 0) is 61.6 Å². The third kappa shape index (κ3) is 5.93. The lowest BCUT2D eigenvalue weighted by molar-refractivity contribution is -0.132. The molecular weight excluding hydrogens is 444 g/mol. The minimum Gasteiger partial charge on any atom is -0.494 e. The highest BCUT2D eigenvalue weighted by Crippen LogP contribution is 2.29. The minimum absolute atomic E-state index is 0.188. The second-order valence-corrected chi connectivity index (χ2v) is 9.65. The van der Waals surface area contributed by atoms with Gasteiger partial charge in [0.2, 0.25) is 5.91 Å². The molecule has 2 aliphatic heterocycles. The summed E-state index contributed by atoms with van der Waals surface area (Å²) in [5.74, 6) is 2.55. The lowest BCUT2D eigenvalue weighted by atomic mass is 9.84. The monoisotopic (exact) mass is 480 g/mol. The summed E-state index contributed by atoms with van der Waals surface area (Å²) in [4.78, 5) is 21.0. The van der Waals surface area contributed by atoms with Gasteiger partial charge in [-0.25, -0.2) is 0 Å². The van der Waals surface area contributed by atoms with Gasteiger partial charge in [-0.3, -0.25) is 4.79 Å². The van der Waals surface area contributed by atoms with Crippen molar-refractivity contribution in [3.05, 3.63) is 35.7 Å². The summed E-state index contributed by atoms with van der Waals surface area (Å²) in [6.07, 6.45) is 5.54. The number of aryl methyl sites for hydroxylation is 1. The van der Waals surface area contributed by atoms with Crippen molar-refractivity contribution in [2.75, 3.05) is 31.1 Å². The van der Waals surface area contributed by atoms with Gasteiger partial charge in [-0.2, -0.15) is 10.2 Å². The minimum atomic E-state index is -0.760. The summed E-state index contributed by atoms with van der Waals surface area (Å²) in [5, 5.41) is 13.2. The largest absolute Gasteiger partial charge is 0.494 e. The molecule has 1 aromatic carbocycles. The van der Waals surface area contributed by atoms with E-state index < -0.39 is 6.04 Å². The summed E-state index contributed by atoms with van der Waals surface area (Å²) in [6.45, 7) is 7.44. The molecule has 0 bridgehead atoms. The number of carbonyl (C=O) groups is 1. The zero-order valence-corrected chi connectivity index (χ0v) is 20.7. The number of ether oxygens (including phenoxy) is 1. The van der Waals surface area contributed by atoms with Crippen LogP contribution in [0.25, 0.3) is 0 Å². The van der Waals surface area contributed by atoms with E-state index in [1.807, 2.05) is 31.2 Å². The fourth-order valence-corrected chi connectivity index (χ4v) is 5.03. The predicted molar refractivity (Wildman–Crippen MR) is 132 cm³/mol. The fraction of sp³-hybridized carbons (Fsp3) is 0.615. The molecule has 0 saturated carbocycles. The molecule has 9 nitrogen and oxygen atoms in total. The van der Waals surface area contributed by atoms with E-state index in [0.29, 0.717) is 31.0 Å². The van der Waals surface area contributed by atoms with Crippen LogP contribution in [0.3, 0.4) is 0 Å². The van der Waals surface area contributed by atoms with Gasteiger partial charge in [0.25, 0.3) is 0 Å². The highest BCUT2D eigenvalue weighted by Gasteiger charge is 2.32. The van der Waals surface area contributed by atoms with Gasteiger partial charge in [0.1, 0.15) is 17.8 Å². The van der Waals surface area contributed by atoms with Crippen LogP contribution in [0.2, 0.25) is 0 Å². The van der Waals surface area contributed by atoms with Crippen molar-refractivity contribution in [1.82, 2.24) is 15.0 Å². The second-order valence-electron chi connectivity index (χ2n) is 9.65. The first-order chi connectivity index (χ1) is 17.0. The zero-order valence-electron chi connectivity index (χ0n) is 20.7. The molecule has 3 heterocycles. The Labute approximate surface area is 207 Å². The number of carbonyl (C=O) groups excluding carboxylic acids is 1. The van der Waals surface area contributed by atoms with Crippen LogP contribution in [0.1, 0.15) is 63.4 Å². The standard InChI is InChI=1S/C26H36N6O3/c1-3-23-29-26(35-30-23)31-14-10-19(11-15-31)18(2)12-16-34-22-8-6-20(7-9-22)24(28)25(33)32-13-4-5-21(32)17-27/h6-9,18-19,21,24H,3-5,10-16,28H2,1-2H3.